The van der Waals surface area contributed by atoms with Gasteiger partial charge < -0.3 is 10.6 Å². The topological polar surface area (TPSA) is 54.0 Å². The van der Waals surface area contributed by atoms with E-state index in [4.69, 9.17) is 0 Å². The number of alkyl halides is 3. The molecule has 1 rings (SSSR count). The Morgan fingerprint density at radius 2 is 2.06 bits per heavy atom. The van der Waals surface area contributed by atoms with E-state index in [1.165, 1.54) is 19.1 Å². The summed E-state index contributed by atoms with van der Waals surface area (Å²) >= 11 is 0. The van der Waals surface area contributed by atoms with Gasteiger partial charge in [-0.3, -0.25) is 4.79 Å². The molecule has 0 aliphatic heterocycles. The minimum atomic E-state index is -4.45. The van der Waals surface area contributed by atoms with Crippen LogP contribution in [0.15, 0.2) is 18.2 Å². The summed E-state index contributed by atoms with van der Waals surface area (Å²) in [5, 5.41) is 5.20. The molecule has 1 amide bonds. The SMILES string of the molecule is CC(=O)NCCNc1cccc(C(F)(F)F)n1. The summed E-state index contributed by atoms with van der Waals surface area (Å²) in [7, 11) is 0. The Hall–Kier alpha value is -1.79. The van der Waals surface area contributed by atoms with Crippen LogP contribution in [0.25, 0.3) is 0 Å². The third kappa shape index (κ3) is 4.71. The van der Waals surface area contributed by atoms with E-state index in [-0.39, 0.29) is 11.7 Å². The maximum Gasteiger partial charge on any atom is 0.433 e. The van der Waals surface area contributed by atoms with E-state index < -0.39 is 11.9 Å². The van der Waals surface area contributed by atoms with Crippen molar-refractivity contribution in [3.8, 4) is 0 Å². The molecule has 1 aromatic heterocycles. The van der Waals surface area contributed by atoms with Gasteiger partial charge in [-0.05, 0) is 12.1 Å². The van der Waals surface area contributed by atoms with Crippen LogP contribution in [0.3, 0.4) is 0 Å². The number of aromatic nitrogens is 1. The van der Waals surface area contributed by atoms with Gasteiger partial charge in [0.15, 0.2) is 0 Å². The predicted molar refractivity (Wildman–Crippen MR) is 56.4 cm³/mol. The molecule has 4 nitrogen and oxygen atoms in total. The van der Waals surface area contributed by atoms with E-state index in [1.807, 2.05) is 0 Å². The van der Waals surface area contributed by atoms with E-state index in [0.29, 0.717) is 13.1 Å². The second-order valence-electron chi connectivity index (χ2n) is 3.32. The molecule has 1 aromatic rings. The molecule has 0 bridgehead atoms. The highest BCUT2D eigenvalue weighted by Crippen LogP contribution is 2.27. The first kappa shape index (κ1) is 13.3. The normalized spacial score (nSPS) is 11.1. The zero-order valence-electron chi connectivity index (χ0n) is 9.14. The highest BCUT2D eigenvalue weighted by molar-refractivity contribution is 5.72. The number of pyridine rings is 1. The quantitative estimate of drug-likeness (QED) is 0.795. The molecular formula is C10H12F3N3O. The number of nitrogens with zero attached hydrogens (tertiary/aromatic N) is 1. The Bertz CT molecular complexity index is 393. The van der Waals surface area contributed by atoms with Crippen LogP contribution < -0.4 is 10.6 Å². The van der Waals surface area contributed by atoms with Crippen molar-refractivity contribution in [1.82, 2.24) is 10.3 Å². The molecule has 0 aromatic carbocycles. The number of rotatable bonds is 4. The van der Waals surface area contributed by atoms with Gasteiger partial charge in [0, 0.05) is 20.0 Å². The smallest absolute Gasteiger partial charge is 0.368 e. The van der Waals surface area contributed by atoms with Crippen molar-refractivity contribution in [2.45, 2.75) is 13.1 Å². The zero-order valence-corrected chi connectivity index (χ0v) is 9.14. The minimum absolute atomic E-state index is 0.130. The van der Waals surface area contributed by atoms with Crippen LogP contribution >= 0.6 is 0 Å². The van der Waals surface area contributed by atoms with Crippen molar-refractivity contribution < 1.29 is 18.0 Å². The zero-order chi connectivity index (χ0) is 12.9. The summed E-state index contributed by atoms with van der Waals surface area (Å²) in [6.07, 6.45) is -4.45. The van der Waals surface area contributed by atoms with Crippen molar-refractivity contribution in [1.29, 1.82) is 0 Å². The maximum absolute atomic E-state index is 12.3. The van der Waals surface area contributed by atoms with Crippen LogP contribution in [-0.4, -0.2) is 24.0 Å². The van der Waals surface area contributed by atoms with Crippen LogP contribution in [0, 0.1) is 0 Å². The Balaban J connectivity index is 2.52. The monoisotopic (exact) mass is 247 g/mol. The Kier molecular flexibility index (Phi) is 4.30. The molecule has 0 fully saturated rings. The summed E-state index contributed by atoms with van der Waals surface area (Å²) < 4.78 is 36.9. The molecule has 0 saturated carbocycles. The fraction of sp³-hybridized carbons (Fsp3) is 0.400. The number of halogens is 3. The molecule has 0 aliphatic carbocycles. The molecule has 0 unspecified atom stereocenters. The highest BCUT2D eigenvalue weighted by atomic mass is 19.4. The highest BCUT2D eigenvalue weighted by Gasteiger charge is 2.32. The summed E-state index contributed by atoms with van der Waals surface area (Å²) in [4.78, 5) is 13.9. The number of carbonyl (C=O) groups excluding carboxylic acids is 1. The standard InChI is InChI=1S/C10H12F3N3O/c1-7(17)14-5-6-15-9-4-2-3-8(16-9)10(11,12)13/h2-4H,5-6H2,1H3,(H,14,17)(H,15,16). The van der Waals surface area contributed by atoms with Gasteiger partial charge >= 0.3 is 6.18 Å². The van der Waals surface area contributed by atoms with Gasteiger partial charge in [0.05, 0.1) is 0 Å². The fourth-order valence-corrected chi connectivity index (χ4v) is 1.12. The first-order chi connectivity index (χ1) is 7.89. The van der Waals surface area contributed by atoms with Crippen molar-refractivity contribution in [3.05, 3.63) is 23.9 Å². The predicted octanol–water partition coefficient (Wildman–Crippen LogP) is 1.65. The second-order valence-corrected chi connectivity index (χ2v) is 3.32. The summed E-state index contributed by atoms with van der Waals surface area (Å²) in [6, 6.07) is 3.61. The number of anilines is 1. The van der Waals surface area contributed by atoms with E-state index in [9.17, 15) is 18.0 Å². The van der Waals surface area contributed by atoms with Crippen molar-refractivity contribution >= 4 is 11.7 Å². The van der Waals surface area contributed by atoms with Crippen LogP contribution in [0.2, 0.25) is 0 Å². The van der Waals surface area contributed by atoms with Crippen LogP contribution in [0.4, 0.5) is 19.0 Å². The molecule has 2 N–H and O–H groups in total. The molecule has 0 saturated heterocycles. The molecular weight excluding hydrogens is 235 g/mol. The molecule has 94 valence electrons. The summed E-state index contributed by atoms with van der Waals surface area (Å²) in [5.74, 6) is -0.0611. The van der Waals surface area contributed by atoms with Crippen molar-refractivity contribution in [2.75, 3.05) is 18.4 Å². The lowest BCUT2D eigenvalue weighted by Gasteiger charge is -2.09. The lowest BCUT2D eigenvalue weighted by Crippen LogP contribution is -2.26. The third-order valence-electron chi connectivity index (χ3n) is 1.84. The third-order valence-corrected chi connectivity index (χ3v) is 1.84. The molecule has 0 atom stereocenters. The Labute approximate surface area is 96.2 Å². The van der Waals surface area contributed by atoms with Gasteiger partial charge in [0.2, 0.25) is 5.91 Å². The molecule has 0 radical (unpaired) electrons. The largest absolute Gasteiger partial charge is 0.433 e. The first-order valence-corrected chi connectivity index (χ1v) is 4.92. The number of nitrogens with one attached hydrogen (secondary N) is 2. The van der Waals surface area contributed by atoms with E-state index in [2.05, 4.69) is 15.6 Å². The van der Waals surface area contributed by atoms with Gasteiger partial charge in [0.25, 0.3) is 0 Å². The second kappa shape index (κ2) is 5.51. The Morgan fingerprint density at radius 3 is 2.65 bits per heavy atom. The average Bonchev–Trinajstić information content (AvgIpc) is 2.23. The van der Waals surface area contributed by atoms with E-state index in [1.54, 1.807) is 0 Å². The van der Waals surface area contributed by atoms with Crippen LogP contribution in [-0.2, 0) is 11.0 Å². The lowest BCUT2D eigenvalue weighted by atomic mass is 10.3. The van der Waals surface area contributed by atoms with Gasteiger partial charge in [0.1, 0.15) is 11.5 Å². The first-order valence-electron chi connectivity index (χ1n) is 4.92. The minimum Gasteiger partial charge on any atom is -0.368 e. The average molecular weight is 247 g/mol. The Morgan fingerprint density at radius 1 is 1.35 bits per heavy atom. The molecule has 17 heavy (non-hydrogen) atoms. The van der Waals surface area contributed by atoms with E-state index >= 15 is 0 Å². The van der Waals surface area contributed by atoms with Gasteiger partial charge in [-0.1, -0.05) is 6.07 Å². The summed E-state index contributed by atoms with van der Waals surface area (Å²) in [5.41, 5.74) is -0.943. The summed E-state index contributed by atoms with van der Waals surface area (Å²) in [6.45, 7) is 2.00. The molecule has 7 heteroatoms. The van der Waals surface area contributed by atoms with Gasteiger partial charge in [-0.25, -0.2) is 4.98 Å². The number of carbonyl (C=O) groups is 1. The van der Waals surface area contributed by atoms with E-state index in [0.717, 1.165) is 6.07 Å². The van der Waals surface area contributed by atoms with Crippen LogP contribution in [0.1, 0.15) is 12.6 Å². The molecule has 1 heterocycles. The molecule has 0 spiro atoms. The van der Waals surface area contributed by atoms with Crippen molar-refractivity contribution in [2.24, 2.45) is 0 Å². The fourth-order valence-electron chi connectivity index (χ4n) is 1.12. The van der Waals surface area contributed by atoms with Crippen LogP contribution in [0.5, 0.6) is 0 Å². The van der Waals surface area contributed by atoms with Gasteiger partial charge in [-0.15, -0.1) is 0 Å². The lowest BCUT2D eigenvalue weighted by molar-refractivity contribution is -0.141. The number of hydrogen-bond donors (Lipinski definition) is 2. The van der Waals surface area contributed by atoms with Gasteiger partial charge in [-0.2, -0.15) is 13.2 Å². The number of amides is 1. The maximum atomic E-state index is 12.3. The van der Waals surface area contributed by atoms with Crippen molar-refractivity contribution in [3.63, 3.8) is 0 Å². The number of hydrogen-bond acceptors (Lipinski definition) is 3. The molecule has 0 aliphatic rings.